The molecule has 2 rings (SSSR count). The molecule has 1 amide bonds. The van der Waals surface area contributed by atoms with E-state index in [4.69, 9.17) is 0 Å². The summed E-state index contributed by atoms with van der Waals surface area (Å²) in [5, 5.41) is 12.0. The van der Waals surface area contributed by atoms with Crippen LogP contribution in [-0.2, 0) is 4.79 Å². The van der Waals surface area contributed by atoms with Crippen molar-refractivity contribution in [3.05, 3.63) is 34.2 Å². The summed E-state index contributed by atoms with van der Waals surface area (Å²) in [6.45, 7) is 0.0650. The molecule has 108 valence electrons. The number of aromatic nitrogens is 1. The molecule has 20 heavy (non-hydrogen) atoms. The van der Waals surface area contributed by atoms with Crippen molar-refractivity contribution in [2.75, 3.05) is 6.54 Å². The molecule has 0 saturated heterocycles. The van der Waals surface area contributed by atoms with Gasteiger partial charge in [-0.1, -0.05) is 19.3 Å². The predicted molar refractivity (Wildman–Crippen MR) is 72.5 cm³/mol. The maximum Gasteiger partial charge on any atom is 0.311 e. The van der Waals surface area contributed by atoms with Crippen molar-refractivity contribution in [1.82, 2.24) is 10.3 Å². The zero-order valence-electron chi connectivity index (χ0n) is 11.1. The van der Waals surface area contributed by atoms with Crippen LogP contribution in [0.4, 0.5) is 0 Å². The minimum Gasteiger partial charge on any atom is -0.481 e. The molecular formula is C14H18N2O4. The number of aromatic amines is 1. The largest absolute Gasteiger partial charge is 0.481 e. The Hall–Kier alpha value is -2.11. The first-order valence-corrected chi connectivity index (χ1v) is 6.74. The number of rotatable bonds is 4. The van der Waals surface area contributed by atoms with E-state index in [0.29, 0.717) is 12.8 Å². The van der Waals surface area contributed by atoms with Crippen molar-refractivity contribution in [1.29, 1.82) is 0 Å². The van der Waals surface area contributed by atoms with E-state index in [1.807, 2.05) is 0 Å². The van der Waals surface area contributed by atoms with Crippen LogP contribution in [0.3, 0.4) is 0 Å². The lowest BCUT2D eigenvalue weighted by atomic mass is 9.74. The molecule has 1 fully saturated rings. The second-order valence-electron chi connectivity index (χ2n) is 5.24. The number of nitrogens with one attached hydrogen (secondary N) is 2. The topological polar surface area (TPSA) is 99.3 Å². The van der Waals surface area contributed by atoms with Crippen LogP contribution in [-0.4, -0.2) is 28.5 Å². The van der Waals surface area contributed by atoms with Crippen LogP contribution in [0, 0.1) is 5.41 Å². The van der Waals surface area contributed by atoms with Gasteiger partial charge in [-0.2, -0.15) is 0 Å². The number of hydrogen-bond donors (Lipinski definition) is 3. The highest BCUT2D eigenvalue weighted by atomic mass is 16.4. The number of carbonyl (C=O) groups excluding carboxylic acids is 1. The monoisotopic (exact) mass is 278 g/mol. The van der Waals surface area contributed by atoms with Crippen LogP contribution in [0.2, 0.25) is 0 Å². The second-order valence-corrected chi connectivity index (χ2v) is 5.24. The van der Waals surface area contributed by atoms with Gasteiger partial charge in [0, 0.05) is 12.7 Å². The van der Waals surface area contributed by atoms with Gasteiger partial charge in [-0.25, -0.2) is 0 Å². The Balaban J connectivity index is 2.07. The molecule has 1 heterocycles. The molecule has 6 nitrogen and oxygen atoms in total. The number of carboxylic acid groups (broad SMARTS) is 1. The van der Waals surface area contributed by atoms with Crippen LogP contribution >= 0.6 is 0 Å². The van der Waals surface area contributed by atoms with Gasteiger partial charge >= 0.3 is 5.97 Å². The van der Waals surface area contributed by atoms with Gasteiger partial charge in [0.15, 0.2) is 0 Å². The van der Waals surface area contributed by atoms with Crippen molar-refractivity contribution in [2.24, 2.45) is 5.41 Å². The van der Waals surface area contributed by atoms with Crippen molar-refractivity contribution in [3.63, 3.8) is 0 Å². The van der Waals surface area contributed by atoms with E-state index < -0.39 is 22.9 Å². The normalized spacial score (nSPS) is 17.4. The quantitative estimate of drug-likeness (QED) is 0.769. The molecule has 1 aliphatic rings. The first kappa shape index (κ1) is 14.3. The van der Waals surface area contributed by atoms with Crippen LogP contribution in [0.1, 0.15) is 42.5 Å². The Morgan fingerprint density at radius 2 is 2.00 bits per heavy atom. The van der Waals surface area contributed by atoms with Gasteiger partial charge in [-0.3, -0.25) is 14.4 Å². The number of H-pyrrole nitrogens is 1. The first-order chi connectivity index (χ1) is 9.55. The van der Waals surface area contributed by atoms with Crippen molar-refractivity contribution in [2.45, 2.75) is 32.1 Å². The highest BCUT2D eigenvalue weighted by Crippen LogP contribution is 2.36. The molecule has 0 bridgehead atoms. The van der Waals surface area contributed by atoms with Gasteiger partial charge in [-0.05, 0) is 25.0 Å². The lowest BCUT2D eigenvalue weighted by Crippen LogP contribution is -2.45. The summed E-state index contributed by atoms with van der Waals surface area (Å²) >= 11 is 0. The van der Waals surface area contributed by atoms with Crippen LogP contribution in [0.25, 0.3) is 0 Å². The highest BCUT2D eigenvalue weighted by molar-refractivity contribution is 5.94. The van der Waals surface area contributed by atoms with Gasteiger partial charge < -0.3 is 15.4 Å². The van der Waals surface area contributed by atoms with E-state index in [-0.39, 0.29) is 12.1 Å². The Labute approximate surface area is 116 Å². The SMILES string of the molecule is O=C(NCC1(C(=O)O)CCCCC1)c1ccc[nH]c1=O. The molecule has 0 aromatic carbocycles. The molecule has 0 radical (unpaired) electrons. The molecule has 1 aromatic heterocycles. The third-order valence-corrected chi connectivity index (χ3v) is 3.91. The van der Waals surface area contributed by atoms with Gasteiger partial charge in [-0.15, -0.1) is 0 Å². The molecule has 0 atom stereocenters. The van der Waals surface area contributed by atoms with Gasteiger partial charge in [0.1, 0.15) is 5.56 Å². The van der Waals surface area contributed by atoms with E-state index in [2.05, 4.69) is 10.3 Å². The van der Waals surface area contributed by atoms with Crippen molar-refractivity contribution < 1.29 is 14.7 Å². The lowest BCUT2D eigenvalue weighted by molar-refractivity contribution is -0.150. The molecule has 0 spiro atoms. The standard InChI is InChI=1S/C14H18N2O4/c17-11-10(5-4-8-15-11)12(18)16-9-14(13(19)20)6-2-1-3-7-14/h4-5,8H,1-3,6-7,9H2,(H,15,17)(H,16,18)(H,19,20). The zero-order valence-corrected chi connectivity index (χ0v) is 11.1. The minimum atomic E-state index is -0.893. The Morgan fingerprint density at radius 1 is 1.30 bits per heavy atom. The molecule has 1 aromatic rings. The maximum atomic E-state index is 11.9. The summed E-state index contributed by atoms with van der Waals surface area (Å²) in [5.74, 6) is -1.41. The third kappa shape index (κ3) is 2.89. The average molecular weight is 278 g/mol. The Morgan fingerprint density at radius 3 is 2.60 bits per heavy atom. The number of pyridine rings is 1. The van der Waals surface area contributed by atoms with Gasteiger partial charge in [0.2, 0.25) is 0 Å². The van der Waals surface area contributed by atoms with Crippen molar-refractivity contribution >= 4 is 11.9 Å². The predicted octanol–water partition coefficient (Wildman–Crippen LogP) is 1.14. The molecule has 0 aliphatic heterocycles. The number of carbonyl (C=O) groups is 2. The maximum absolute atomic E-state index is 11.9. The fourth-order valence-electron chi connectivity index (χ4n) is 2.64. The zero-order chi connectivity index (χ0) is 14.6. The fourth-order valence-corrected chi connectivity index (χ4v) is 2.64. The van der Waals surface area contributed by atoms with Gasteiger partial charge in [0.05, 0.1) is 5.41 Å². The Bertz CT molecular complexity index is 558. The van der Waals surface area contributed by atoms with Crippen LogP contribution in [0.15, 0.2) is 23.1 Å². The van der Waals surface area contributed by atoms with E-state index in [1.165, 1.54) is 12.3 Å². The molecule has 1 saturated carbocycles. The summed E-state index contributed by atoms with van der Waals surface area (Å²) in [5.41, 5.74) is -1.36. The van der Waals surface area contributed by atoms with Crippen molar-refractivity contribution in [3.8, 4) is 0 Å². The summed E-state index contributed by atoms with van der Waals surface area (Å²) in [6, 6.07) is 2.98. The van der Waals surface area contributed by atoms with E-state index >= 15 is 0 Å². The minimum absolute atomic E-state index is 0.00356. The van der Waals surface area contributed by atoms with E-state index in [0.717, 1.165) is 19.3 Å². The number of aliphatic carboxylic acids is 1. The third-order valence-electron chi connectivity index (χ3n) is 3.91. The van der Waals surface area contributed by atoms with Crippen LogP contribution in [0.5, 0.6) is 0 Å². The molecular weight excluding hydrogens is 260 g/mol. The summed E-state index contributed by atoms with van der Waals surface area (Å²) < 4.78 is 0. The van der Waals surface area contributed by atoms with Crippen LogP contribution < -0.4 is 10.9 Å². The molecule has 0 unspecified atom stereocenters. The summed E-state index contributed by atoms with van der Waals surface area (Å²) in [6.07, 6.45) is 5.31. The smallest absolute Gasteiger partial charge is 0.311 e. The summed E-state index contributed by atoms with van der Waals surface area (Å²) in [4.78, 5) is 37.3. The molecule has 6 heteroatoms. The fraction of sp³-hybridized carbons (Fsp3) is 0.500. The summed E-state index contributed by atoms with van der Waals surface area (Å²) in [7, 11) is 0. The first-order valence-electron chi connectivity index (χ1n) is 6.74. The van der Waals surface area contributed by atoms with E-state index in [1.54, 1.807) is 6.07 Å². The highest BCUT2D eigenvalue weighted by Gasteiger charge is 2.39. The molecule has 1 aliphatic carbocycles. The van der Waals surface area contributed by atoms with Gasteiger partial charge in [0.25, 0.3) is 11.5 Å². The second kappa shape index (κ2) is 5.90. The number of amides is 1. The molecule has 3 N–H and O–H groups in total. The average Bonchev–Trinajstić information content (AvgIpc) is 2.46. The number of carboxylic acids is 1. The lowest BCUT2D eigenvalue weighted by Gasteiger charge is -2.33. The van der Waals surface area contributed by atoms with E-state index in [9.17, 15) is 19.5 Å². The Kier molecular flexibility index (Phi) is 4.22. The number of hydrogen-bond acceptors (Lipinski definition) is 3.